The summed E-state index contributed by atoms with van der Waals surface area (Å²) in [6.07, 6.45) is -2.84. The lowest BCUT2D eigenvalue weighted by atomic mass is 9.68. The van der Waals surface area contributed by atoms with Crippen molar-refractivity contribution in [1.29, 1.82) is 0 Å². The van der Waals surface area contributed by atoms with Crippen LogP contribution in [0, 0.1) is 0 Å². The first kappa shape index (κ1) is 12.8. The molecule has 6 nitrogen and oxygen atoms in total. The Morgan fingerprint density at radius 1 is 1.07 bits per heavy atom. The van der Waals surface area contributed by atoms with E-state index in [1.807, 2.05) is 0 Å². The third-order valence-electron chi connectivity index (χ3n) is 3.54. The highest BCUT2D eigenvalue weighted by molar-refractivity contribution is 5.13. The Morgan fingerprint density at radius 3 is 1.93 bits per heavy atom. The van der Waals surface area contributed by atoms with Gasteiger partial charge in [0, 0.05) is 0 Å². The summed E-state index contributed by atoms with van der Waals surface area (Å²) in [6, 6.07) is 0. The van der Waals surface area contributed by atoms with Crippen molar-refractivity contribution in [3.05, 3.63) is 0 Å². The Morgan fingerprint density at radius 2 is 1.53 bits per heavy atom. The van der Waals surface area contributed by atoms with Gasteiger partial charge in [-0.15, -0.1) is 0 Å². The maximum atomic E-state index is 10.1. The van der Waals surface area contributed by atoms with Gasteiger partial charge in [0.15, 0.2) is 6.29 Å². The van der Waals surface area contributed by atoms with Crippen molar-refractivity contribution in [3.8, 4) is 0 Å². The Bertz CT molecular complexity index is 247. The number of hydrogen-bond acceptors (Lipinski definition) is 6. The van der Waals surface area contributed by atoms with Crippen LogP contribution < -0.4 is 0 Å². The second kappa shape index (κ2) is 3.38. The summed E-state index contributed by atoms with van der Waals surface area (Å²) in [5.41, 5.74) is -5.91. The lowest BCUT2D eigenvalue weighted by Crippen LogP contribution is -2.77. The Labute approximate surface area is 87.7 Å². The molecular formula is C9H18O6. The zero-order valence-electron chi connectivity index (χ0n) is 9.01. The van der Waals surface area contributed by atoms with Gasteiger partial charge in [0.1, 0.15) is 22.9 Å². The average Bonchev–Trinajstić information content (AvgIpc) is 2.10. The molecule has 0 radical (unpaired) electrons. The van der Waals surface area contributed by atoms with Crippen molar-refractivity contribution in [3.63, 3.8) is 0 Å². The smallest absolute Gasteiger partial charge is 0.187 e. The number of ether oxygens (including phenoxy) is 1. The lowest BCUT2D eigenvalue weighted by molar-refractivity contribution is -0.382. The molecule has 0 aliphatic carbocycles. The molecule has 5 atom stereocenters. The molecule has 0 aromatic rings. The van der Waals surface area contributed by atoms with E-state index in [2.05, 4.69) is 0 Å². The van der Waals surface area contributed by atoms with E-state index in [0.29, 0.717) is 0 Å². The second-order valence-corrected chi connectivity index (χ2v) is 4.53. The molecule has 0 unspecified atom stereocenters. The third kappa shape index (κ3) is 1.49. The highest BCUT2D eigenvalue weighted by Crippen LogP contribution is 2.43. The van der Waals surface area contributed by atoms with Crippen LogP contribution in [0.3, 0.4) is 0 Å². The number of aliphatic hydroxyl groups is 5. The third-order valence-corrected chi connectivity index (χ3v) is 3.54. The predicted molar refractivity (Wildman–Crippen MR) is 49.8 cm³/mol. The van der Waals surface area contributed by atoms with E-state index in [0.717, 1.165) is 6.92 Å². The molecule has 1 aliphatic heterocycles. The molecule has 1 fully saturated rings. The van der Waals surface area contributed by atoms with E-state index in [4.69, 9.17) is 9.84 Å². The summed E-state index contributed by atoms with van der Waals surface area (Å²) in [4.78, 5) is 0. The van der Waals surface area contributed by atoms with Gasteiger partial charge in [0.05, 0.1) is 6.61 Å². The van der Waals surface area contributed by atoms with Crippen LogP contribution in [-0.2, 0) is 4.74 Å². The maximum Gasteiger partial charge on any atom is 0.187 e. The lowest BCUT2D eigenvalue weighted by Gasteiger charge is -2.56. The zero-order valence-corrected chi connectivity index (χ0v) is 9.01. The van der Waals surface area contributed by atoms with Gasteiger partial charge >= 0.3 is 0 Å². The molecule has 0 spiro atoms. The topological polar surface area (TPSA) is 110 Å². The van der Waals surface area contributed by atoms with Crippen LogP contribution >= 0.6 is 0 Å². The molecule has 5 N–H and O–H groups in total. The molecule has 15 heavy (non-hydrogen) atoms. The molecular weight excluding hydrogens is 204 g/mol. The van der Waals surface area contributed by atoms with Gasteiger partial charge in [-0.3, -0.25) is 0 Å². The second-order valence-electron chi connectivity index (χ2n) is 4.53. The minimum atomic E-state index is -2.03. The number of hydrogen-bond donors (Lipinski definition) is 5. The van der Waals surface area contributed by atoms with Crippen LogP contribution in [0.1, 0.15) is 20.8 Å². The normalized spacial score (nSPS) is 56.8. The minimum absolute atomic E-state index is 0.573. The van der Waals surface area contributed by atoms with E-state index in [1.54, 1.807) is 0 Å². The monoisotopic (exact) mass is 222 g/mol. The summed E-state index contributed by atoms with van der Waals surface area (Å²) in [7, 11) is 0. The molecule has 1 aliphatic rings. The van der Waals surface area contributed by atoms with Gasteiger partial charge in [-0.2, -0.15) is 0 Å². The van der Waals surface area contributed by atoms with Crippen molar-refractivity contribution in [1.82, 2.24) is 0 Å². The molecule has 0 saturated carbocycles. The standard InChI is InChI=1S/C9H18O6/c1-7(12)5(4-10)15-6(11)8(2,13)9(7,3)14/h5-6,10-14H,4H2,1-3H3/t5-,6+,7+,8+,9-/m0/s1. The summed E-state index contributed by atoms with van der Waals surface area (Å²) < 4.78 is 4.85. The fraction of sp³-hybridized carbons (Fsp3) is 1.00. The van der Waals surface area contributed by atoms with Crippen LogP contribution in [0.4, 0.5) is 0 Å². The fourth-order valence-corrected chi connectivity index (χ4v) is 1.71. The van der Waals surface area contributed by atoms with Gasteiger partial charge in [-0.05, 0) is 20.8 Å². The van der Waals surface area contributed by atoms with Crippen molar-refractivity contribution in [2.24, 2.45) is 0 Å². The van der Waals surface area contributed by atoms with E-state index >= 15 is 0 Å². The Kier molecular flexibility index (Phi) is 2.89. The molecule has 0 amide bonds. The highest BCUT2D eigenvalue weighted by Gasteiger charge is 2.65. The van der Waals surface area contributed by atoms with Crippen molar-refractivity contribution in [2.75, 3.05) is 6.61 Å². The molecule has 1 saturated heterocycles. The Balaban J connectivity index is 3.16. The molecule has 0 aromatic carbocycles. The predicted octanol–water partition coefficient (Wildman–Crippen LogP) is -2.05. The maximum absolute atomic E-state index is 10.1. The SMILES string of the molecule is C[C@@]1(O)[C@](C)(O)[C@H](O)O[C@@H](CO)[C@@]1(C)O. The van der Waals surface area contributed by atoms with Crippen LogP contribution in [0.25, 0.3) is 0 Å². The molecule has 0 aromatic heterocycles. The van der Waals surface area contributed by atoms with E-state index in [1.165, 1.54) is 13.8 Å². The van der Waals surface area contributed by atoms with Crippen LogP contribution in [0.2, 0.25) is 0 Å². The van der Waals surface area contributed by atoms with Gasteiger partial charge in [-0.25, -0.2) is 0 Å². The first-order chi connectivity index (χ1) is 6.59. The van der Waals surface area contributed by atoms with Crippen LogP contribution in [-0.4, -0.2) is 61.3 Å². The van der Waals surface area contributed by atoms with E-state index in [9.17, 15) is 20.4 Å². The zero-order chi connectivity index (χ0) is 12.1. The van der Waals surface area contributed by atoms with Gasteiger partial charge in [0.2, 0.25) is 0 Å². The van der Waals surface area contributed by atoms with Gasteiger partial charge in [-0.1, -0.05) is 0 Å². The average molecular weight is 222 g/mol. The summed E-state index contributed by atoms with van der Waals surface area (Å²) in [6.45, 7) is 2.99. The number of rotatable bonds is 1. The van der Waals surface area contributed by atoms with Gasteiger partial charge < -0.3 is 30.3 Å². The summed E-state index contributed by atoms with van der Waals surface area (Å²) >= 11 is 0. The molecule has 1 rings (SSSR count). The highest BCUT2D eigenvalue weighted by atomic mass is 16.6. The van der Waals surface area contributed by atoms with E-state index < -0.39 is 35.8 Å². The summed E-state index contributed by atoms with van der Waals surface area (Å²) in [5, 5.41) is 48.3. The quantitative estimate of drug-likeness (QED) is 0.349. The molecule has 1 heterocycles. The van der Waals surface area contributed by atoms with Crippen LogP contribution in [0.5, 0.6) is 0 Å². The first-order valence-electron chi connectivity index (χ1n) is 4.70. The Hall–Kier alpha value is -0.240. The molecule has 90 valence electrons. The van der Waals surface area contributed by atoms with Crippen molar-refractivity contribution in [2.45, 2.75) is 50.0 Å². The largest absolute Gasteiger partial charge is 0.394 e. The fourth-order valence-electron chi connectivity index (χ4n) is 1.71. The van der Waals surface area contributed by atoms with Gasteiger partial charge in [0.25, 0.3) is 0 Å². The number of aliphatic hydroxyl groups excluding tert-OH is 2. The first-order valence-corrected chi connectivity index (χ1v) is 4.70. The molecule has 6 heteroatoms. The van der Waals surface area contributed by atoms with Crippen molar-refractivity contribution >= 4 is 0 Å². The van der Waals surface area contributed by atoms with E-state index in [-0.39, 0.29) is 0 Å². The van der Waals surface area contributed by atoms with Crippen molar-refractivity contribution < 1.29 is 30.3 Å². The molecule has 0 bridgehead atoms. The van der Waals surface area contributed by atoms with Crippen LogP contribution in [0.15, 0.2) is 0 Å². The summed E-state index contributed by atoms with van der Waals surface area (Å²) in [5.74, 6) is 0. The minimum Gasteiger partial charge on any atom is -0.394 e.